The number of nitrogens with zero attached hydrogens (tertiary/aromatic N) is 2. The number of likely N-dealkylation sites (tertiary alicyclic amines) is 1. The minimum atomic E-state index is -0.403. The molecule has 2 heterocycles. The van der Waals surface area contributed by atoms with Crippen LogP contribution >= 0.6 is 23.7 Å². The Kier molecular flexibility index (Phi) is 6.65. The number of benzene rings is 1. The van der Waals surface area contributed by atoms with E-state index in [0.29, 0.717) is 13.1 Å². The number of thiazole rings is 1. The van der Waals surface area contributed by atoms with Gasteiger partial charge < -0.3 is 15.4 Å². The highest BCUT2D eigenvalue weighted by Gasteiger charge is 2.28. The van der Waals surface area contributed by atoms with E-state index in [9.17, 15) is 4.79 Å². The second-order valence-electron chi connectivity index (χ2n) is 6.77. The van der Waals surface area contributed by atoms with Crippen molar-refractivity contribution in [3.8, 4) is 5.75 Å². The molecule has 1 fully saturated rings. The maximum atomic E-state index is 12.3. The van der Waals surface area contributed by atoms with Gasteiger partial charge in [0.15, 0.2) is 0 Å². The first-order valence-corrected chi connectivity index (χ1v) is 9.34. The summed E-state index contributed by atoms with van der Waals surface area (Å²) in [6.07, 6.45) is 1.84. The third-order valence-electron chi connectivity index (χ3n) is 4.53. The molecule has 25 heavy (non-hydrogen) atoms. The van der Waals surface area contributed by atoms with Gasteiger partial charge in [0.1, 0.15) is 11.9 Å². The van der Waals surface area contributed by atoms with Crippen LogP contribution in [0.2, 0.25) is 0 Å². The van der Waals surface area contributed by atoms with Gasteiger partial charge in [-0.3, -0.25) is 4.79 Å². The number of hydrogen-bond donors (Lipinski definition) is 1. The Morgan fingerprint density at radius 2 is 2.04 bits per heavy atom. The molecule has 0 unspecified atom stereocenters. The average molecular weight is 384 g/mol. The molecule has 1 saturated heterocycles. The molecule has 1 aliphatic rings. The first-order chi connectivity index (χ1) is 11.4. The van der Waals surface area contributed by atoms with Gasteiger partial charge in [0.05, 0.1) is 21.3 Å². The summed E-state index contributed by atoms with van der Waals surface area (Å²) in [5.41, 5.74) is 7.00. The Balaban J connectivity index is 0.00000225. The van der Waals surface area contributed by atoms with Crippen LogP contribution in [0.15, 0.2) is 18.2 Å². The summed E-state index contributed by atoms with van der Waals surface area (Å²) < 4.78 is 7.27. The lowest BCUT2D eigenvalue weighted by molar-refractivity contribution is -0.135. The van der Waals surface area contributed by atoms with E-state index in [0.717, 1.165) is 33.8 Å². The first kappa shape index (κ1) is 19.9. The van der Waals surface area contributed by atoms with Crippen molar-refractivity contribution in [1.82, 2.24) is 9.88 Å². The predicted octanol–water partition coefficient (Wildman–Crippen LogP) is 3.38. The number of fused-ring (bicyclic) bond motifs is 1. The summed E-state index contributed by atoms with van der Waals surface area (Å²) in [7, 11) is 0. The van der Waals surface area contributed by atoms with Crippen LogP contribution in [-0.4, -0.2) is 41.0 Å². The summed E-state index contributed by atoms with van der Waals surface area (Å²) in [5, 5.41) is 1.07. The Hall–Kier alpha value is -1.37. The minimum absolute atomic E-state index is 0. The van der Waals surface area contributed by atoms with Gasteiger partial charge in [0.2, 0.25) is 5.91 Å². The fourth-order valence-electron chi connectivity index (χ4n) is 2.98. The molecule has 2 aromatic rings. The molecule has 1 aliphatic heterocycles. The molecule has 1 atom stereocenters. The highest BCUT2D eigenvalue weighted by molar-refractivity contribution is 7.18. The van der Waals surface area contributed by atoms with Gasteiger partial charge in [-0.1, -0.05) is 13.8 Å². The molecule has 0 spiro atoms. The Morgan fingerprint density at radius 3 is 2.68 bits per heavy atom. The number of carbonyl (C=O) groups is 1. The van der Waals surface area contributed by atoms with Crippen molar-refractivity contribution in [1.29, 1.82) is 0 Å². The third-order valence-corrected chi connectivity index (χ3v) is 5.46. The topological polar surface area (TPSA) is 68.5 Å². The Labute approximate surface area is 159 Å². The van der Waals surface area contributed by atoms with Gasteiger partial charge in [0, 0.05) is 25.9 Å². The van der Waals surface area contributed by atoms with Crippen LogP contribution in [0.1, 0.15) is 31.7 Å². The minimum Gasteiger partial charge on any atom is -0.490 e. The van der Waals surface area contributed by atoms with Gasteiger partial charge >= 0.3 is 0 Å². The molecule has 7 heteroatoms. The van der Waals surface area contributed by atoms with Gasteiger partial charge in [-0.25, -0.2) is 4.98 Å². The number of aryl methyl sites for hydroxylation is 1. The standard InChI is InChI=1S/C18H25N3O2S.ClH/c1-11(2)17(19)18(22)21-8-6-13(7-9-21)23-14-4-5-15-16(10-14)24-12(3)20-15;/h4-5,10-11,13,17H,6-9,19H2,1-3H3;1H/t17-;/m0./s1. The number of aromatic nitrogens is 1. The Morgan fingerprint density at radius 1 is 1.36 bits per heavy atom. The fourth-order valence-corrected chi connectivity index (χ4v) is 3.83. The zero-order chi connectivity index (χ0) is 17.3. The maximum Gasteiger partial charge on any atom is 0.239 e. The molecule has 0 bridgehead atoms. The molecular weight excluding hydrogens is 358 g/mol. The number of nitrogens with two attached hydrogens (primary N) is 1. The summed E-state index contributed by atoms with van der Waals surface area (Å²) in [5.74, 6) is 1.11. The number of amides is 1. The number of piperidine rings is 1. The van der Waals surface area contributed by atoms with Crippen molar-refractivity contribution >= 4 is 39.9 Å². The monoisotopic (exact) mass is 383 g/mol. The van der Waals surface area contributed by atoms with Gasteiger partial charge in [-0.15, -0.1) is 23.7 Å². The van der Waals surface area contributed by atoms with E-state index in [-0.39, 0.29) is 30.3 Å². The van der Waals surface area contributed by atoms with E-state index in [2.05, 4.69) is 11.1 Å². The molecule has 5 nitrogen and oxygen atoms in total. The normalized spacial score (nSPS) is 16.8. The van der Waals surface area contributed by atoms with Crippen molar-refractivity contribution in [3.05, 3.63) is 23.2 Å². The first-order valence-electron chi connectivity index (χ1n) is 8.52. The van der Waals surface area contributed by atoms with Crippen LogP contribution in [0.4, 0.5) is 0 Å². The molecule has 0 radical (unpaired) electrons. The summed E-state index contributed by atoms with van der Waals surface area (Å²) >= 11 is 1.68. The largest absolute Gasteiger partial charge is 0.490 e. The number of rotatable bonds is 4. The molecule has 1 aromatic carbocycles. The van der Waals surface area contributed by atoms with E-state index in [4.69, 9.17) is 10.5 Å². The van der Waals surface area contributed by atoms with Gasteiger partial charge in [0.25, 0.3) is 0 Å². The van der Waals surface area contributed by atoms with Crippen molar-refractivity contribution in [2.75, 3.05) is 13.1 Å². The van der Waals surface area contributed by atoms with Crippen LogP contribution < -0.4 is 10.5 Å². The summed E-state index contributed by atoms with van der Waals surface area (Å²) in [6.45, 7) is 7.41. The van der Waals surface area contributed by atoms with E-state index >= 15 is 0 Å². The highest BCUT2D eigenvalue weighted by Crippen LogP contribution is 2.27. The van der Waals surface area contributed by atoms with E-state index < -0.39 is 6.04 Å². The molecular formula is C18H26ClN3O2S. The molecule has 0 saturated carbocycles. The number of ether oxygens (including phenoxy) is 1. The molecule has 3 rings (SSSR count). The van der Waals surface area contributed by atoms with Crippen molar-refractivity contribution in [2.24, 2.45) is 11.7 Å². The highest BCUT2D eigenvalue weighted by atomic mass is 35.5. The lowest BCUT2D eigenvalue weighted by Gasteiger charge is -2.34. The zero-order valence-corrected chi connectivity index (χ0v) is 16.5. The van der Waals surface area contributed by atoms with E-state index in [1.54, 1.807) is 11.3 Å². The lowest BCUT2D eigenvalue weighted by Crippen LogP contribution is -2.50. The zero-order valence-electron chi connectivity index (χ0n) is 14.9. The van der Waals surface area contributed by atoms with Crippen molar-refractivity contribution < 1.29 is 9.53 Å². The quantitative estimate of drug-likeness (QED) is 0.878. The molecule has 1 aromatic heterocycles. The second-order valence-corrected chi connectivity index (χ2v) is 8.01. The van der Waals surface area contributed by atoms with Crippen LogP contribution in [0.3, 0.4) is 0 Å². The van der Waals surface area contributed by atoms with Crippen molar-refractivity contribution in [3.63, 3.8) is 0 Å². The molecule has 2 N–H and O–H groups in total. The molecule has 138 valence electrons. The third kappa shape index (κ3) is 4.63. The smallest absolute Gasteiger partial charge is 0.239 e. The second kappa shape index (κ2) is 8.34. The van der Waals surface area contributed by atoms with E-state index in [1.165, 1.54) is 0 Å². The van der Waals surface area contributed by atoms with Crippen LogP contribution in [-0.2, 0) is 4.79 Å². The lowest BCUT2D eigenvalue weighted by atomic mass is 10.0. The number of carbonyl (C=O) groups excluding carboxylic acids is 1. The average Bonchev–Trinajstić information content (AvgIpc) is 2.93. The maximum absolute atomic E-state index is 12.3. The van der Waals surface area contributed by atoms with Gasteiger partial charge in [-0.2, -0.15) is 0 Å². The number of hydrogen-bond acceptors (Lipinski definition) is 5. The van der Waals surface area contributed by atoms with Gasteiger partial charge in [-0.05, 0) is 31.0 Å². The summed E-state index contributed by atoms with van der Waals surface area (Å²) in [6, 6.07) is 5.65. The summed E-state index contributed by atoms with van der Waals surface area (Å²) in [4.78, 5) is 18.7. The predicted molar refractivity (Wildman–Crippen MR) is 105 cm³/mol. The Bertz CT molecular complexity index is 726. The molecule has 0 aliphatic carbocycles. The van der Waals surface area contributed by atoms with E-state index in [1.807, 2.05) is 37.8 Å². The fraction of sp³-hybridized carbons (Fsp3) is 0.556. The molecule has 1 amide bonds. The van der Waals surface area contributed by atoms with Crippen LogP contribution in [0.5, 0.6) is 5.75 Å². The van der Waals surface area contributed by atoms with Crippen molar-refractivity contribution in [2.45, 2.75) is 45.8 Å². The van der Waals surface area contributed by atoms with Crippen LogP contribution in [0, 0.1) is 12.8 Å². The SMILES string of the molecule is Cc1nc2ccc(OC3CCN(C(=O)[C@@H](N)C(C)C)CC3)cc2s1.Cl. The van der Waals surface area contributed by atoms with Crippen LogP contribution in [0.25, 0.3) is 10.2 Å². The number of halogens is 1.